The number of halogens is 1. The lowest BCUT2D eigenvalue weighted by Crippen LogP contribution is -1.95. The van der Waals surface area contributed by atoms with Crippen LogP contribution in [0.15, 0.2) is 48.5 Å². The van der Waals surface area contributed by atoms with Gasteiger partial charge in [0.1, 0.15) is 5.82 Å². The van der Waals surface area contributed by atoms with Crippen LogP contribution in [0, 0.1) is 19.7 Å². The summed E-state index contributed by atoms with van der Waals surface area (Å²) in [6, 6.07) is 15.1. The van der Waals surface area contributed by atoms with Crippen molar-refractivity contribution in [3.8, 4) is 5.69 Å². The molecule has 0 aliphatic rings. The fourth-order valence-corrected chi connectivity index (χ4v) is 2.41. The first kappa shape index (κ1) is 11.0. The standard InChI is InChI=1S/C16H14FN/c1-11-3-8-16-13(9-11)10-12(2)18(16)15-6-4-14(17)5-7-15/h3-10H,1-2H3. The van der Waals surface area contributed by atoms with Crippen LogP contribution in [0.5, 0.6) is 0 Å². The first-order valence-corrected chi connectivity index (χ1v) is 6.00. The number of benzene rings is 2. The third kappa shape index (κ3) is 1.70. The molecular weight excluding hydrogens is 225 g/mol. The molecule has 2 heteroatoms. The van der Waals surface area contributed by atoms with Gasteiger partial charge in [0.2, 0.25) is 0 Å². The van der Waals surface area contributed by atoms with Crippen LogP contribution >= 0.6 is 0 Å². The van der Waals surface area contributed by atoms with Gasteiger partial charge in [0, 0.05) is 16.8 Å². The SMILES string of the molecule is Cc1ccc2c(c1)cc(C)n2-c1ccc(F)cc1. The van der Waals surface area contributed by atoms with Gasteiger partial charge >= 0.3 is 0 Å². The van der Waals surface area contributed by atoms with Crippen molar-refractivity contribution in [2.75, 3.05) is 0 Å². The van der Waals surface area contributed by atoms with E-state index < -0.39 is 0 Å². The third-order valence-electron chi connectivity index (χ3n) is 3.23. The maximum Gasteiger partial charge on any atom is 0.123 e. The highest BCUT2D eigenvalue weighted by Gasteiger charge is 2.07. The van der Waals surface area contributed by atoms with E-state index in [0.717, 1.165) is 16.9 Å². The Morgan fingerprint density at radius 2 is 1.61 bits per heavy atom. The Kier molecular flexibility index (Phi) is 2.44. The molecule has 0 atom stereocenters. The molecule has 0 amide bonds. The molecule has 3 rings (SSSR count). The van der Waals surface area contributed by atoms with Gasteiger partial charge in [-0.2, -0.15) is 0 Å². The third-order valence-corrected chi connectivity index (χ3v) is 3.23. The van der Waals surface area contributed by atoms with E-state index in [4.69, 9.17) is 0 Å². The number of aryl methyl sites for hydroxylation is 2. The Bertz CT molecular complexity index is 708. The summed E-state index contributed by atoms with van der Waals surface area (Å²) in [5.74, 6) is -0.205. The zero-order valence-corrected chi connectivity index (χ0v) is 10.4. The van der Waals surface area contributed by atoms with E-state index >= 15 is 0 Å². The van der Waals surface area contributed by atoms with Crippen LogP contribution in [0.4, 0.5) is 4.39 Å². The van der Waals surface area contributed by atoms with Crippen molar-refractivity contribution >= 4 is 10.9 Å². The second-order valence-electron chi connectivity index (χ2n) is 4.66. The predicted octanol–water partition coefficient (Wildman–Crippen LogP) is 4.39. The van der Waals surface area contributed by atoms with Crippen molar-refractivity contribution in [2.24, 2.45) is 0 Å². The molecule has 18 heavy (non-hydrogen) atoms. The van der Waals surface area contributed by atoms with Gasteiger partial charge in [0.25, 0.3) is 0 Å². The lowest BCUT2D eigenvalue weighted by Gasteiger charge is -2.08. The maximum absolute atomic E-state index is 13.0. The van der Waals surface area contributed by atoms with Gasteiger partial charge in [-0.1, -0.05) is 11.6 Å². The lowest BCUT2D eigenvalue weighted by molar-refractivity contribution is 0.627. The van der Waals surface area contributed by atoms with E-state index in [1.54, 1.807) is 0 Å². The molecule has 2 aromatic carbocycles. The van der Waals surface area contributed by atoms with Crippen LogP contribution in [0.3, 0.4) is 0 Å². The quantitative estimate of drug-likeness (QED) is 0.593. The summed E-state index contributed by atoms with van der Waals surface area (Å²) in [7, 11) is 0. The molecule has 1 heterocycles. The van der Waals surface area contributed by atoms with E-state index in [1.807, 2.05) is 12.1 Å². The Morgan fingerprint density at radius 3 is 2.33 bits per heavy atom. The summed E-state index contributed by atoms with van der Waals surface area (Å²) < 4.78 is 15.1. The second kappa shape index (κ2) is 3.98. The summed E-state index contributed by atoms with van der Waals surface area (Å²) >= 11 is 0. The van der Waals surface area contributed by atoms with Gasteiger partial charge in [-0.15, -0.1) is 0 Å². The van der Waals surface area contributed by atoms with Gasteiger partial charge < -0.3 is 4.57 Å². The monoisotopic (exact) mass is 239 g/mol. The molecule has 0 radical (unpaired) electrons. The number of hydrogen-bond acceptors (Lipinski definition) is 0. The summed E-state index contributed by atoms with van der Waals surface area (Å²) in [6.45, 7) is 4.16. The summed E-state index contributed by atoms with van der Waals surface area (Å²) in [5, 5.41) is 1.22. The van der Waals surface area contributed by atoms with E-state index in [0.29, 0.717) is 0 Å². The van der Waals surface area contributed by atoms with E-state index in [9.17, 15) is 4.39 Å². The van der Waals surface area contributed by atoms with Crippen LogP contribution in [0.25, 0.3) is 16.6 Å². The first-order chi connectivity index (χ1) is 8.65. The highest BCUT2D eigenvalue weighted by atomic mass is 19.1. The number of aromatic nitrogens is 1. The predicted molar refractivity (Wildman–Crippen MR) is 72.7 cm³/mol. The van der Waals surface area contributed by atoms with Crippen molar-refractivity contribution in [3.05, 3.63) is 65.6 Å². The van der Waals surface area contributed by atoms with Crippen LogP contribution in [0.1, 0.15) is 11.3 Å². The van der Waals surface area contributed by atoms with Crippen LogP contribution in [-0.2, 0) is 0 Å². The van der Waals surface area contributed by atoms with Crippen LogP contribution < -0.4 is 0 Å². The Morgan fingerprint density at radius 1 is 0.889 bits per heavy atom. The average molecular weight is 239 g/mol. The Labute approximate surface area is 105 Å². The maximum atomic E-state index is 13.0. The lowest BCUT2D eigenvalue weighted by atomic mass is 10.2. The number of rotatable bonds is 1. The number of hydrogen-bond donors (Lipinski definition) is 0. The van der Waals surface area contributed by atoms with E-state index in [-0.39, 0.29) is 5.82 Å². The van der Waals surface area contributed by atoms with Crippen molar-refractivity contribution < 1.29 is 4.39 Å². The molecule has 1 nitrogen and oxygen atoms in total. The van der Waals surface area contributed by atoms with Gasteiger partial charge in [-0.25, -0.2) is 4.39 Å². The minimum atomic E-state index is -0.205. The Balaban J connectivity index is 2.28. The molecule has 0 N–H and O–H groups in total. The molecule has 0 spiro atoms. The fraction of sp³-hybridized carbons (Fsp3) is 0.125. The van der Waals surface area contributed by atoms with Crippen LogP contribution in [-0.4, -0.2) is 4.57 Å². The summed E-state index contributed by atoms with van der Waals surface area (Å²) in [6.07, 6.45) is 0. The highest BCUT2D eigenvalue weighted by Crippen LogP contribution is 2.25. The van der Waals surface area contributed by atoms with Crippen molar-refractivity contribution in [1.29, 1.82) is 0 Å². The number of fused-ring (bicyclic) bond motifs is 1. The topological polar surface area (TPSA) is 4.93 Å². The van der Waals surface area contributed by atoms with Gasteiger partial charge in [-0.3, -0.25) is 0 Å². The molecule has 90 valence electrons. The molecule has 0 saturated heterocycles. The molecule has 3 aromatic rings. The summed E-state index contributed by atoms with van der Waals surface area (Å²) in [4.78, 5) is 0. The molecule has 0 saturated carbocycles. The molecule has 0 unspecified atom stereocenters. The highest BCUT2D eigenvalue weighted by molar-refractivity contribution is 5.83. The fourth-order valence-electron chi connectivity index (χ4n) is 2.41. The summed E-state index contributed by atoms with van der Waals surface area (Å²) in [5.41, 5.74) is 4.55. The van der Waals surface area contributed by atoms with Crippen molar-refractivity contribution in [3.63, 3.8) is 0 Å². The molecule has 0 fully saturated rings. The largest absolute Gasteiger partial charge is 0.314 e. The zero-order valence-electron chi connectivity index (χ0n) is 10.4. The van der Waals surface area contributed by atoms with Crippen LogP contribution in [0.2, 0.25) is 0 Å². The molecule has 1 aromatic heterocycles. The molecule has 0 aliphatic carbocycles. The average Bonchev–Trinajstić information content (AvgIpc) is 2.65. The molecular formula is C16H14FN. The van der Waals surface area contributed by atoms with Crippen molar-refractivity contribution in [1.82, 2.24) is 4.57 Å². The van der Waals surface area contributed by atoms with Gasteiger partial charge in [-0.05, 0) is 56.3 Å². The Hall–Kier alpha value is -2.09. The smallest absolute Gasteiger partial charge is 0.123 e. The second-order valence-corrected chi connectivity index (χ2v) is 4.66. The first-order valence-electron chi connectivity index (χ1n) is 6.00. The zero-order chi connectivity index (χ0) is 12.7. The normalized spacial score (nSPS) is 11.1. The number of nitrogens with zero attached hydrogens (tertiary/aromatic N) is 1. The van der Waals surface area contributed by atoms with E-state index in [1.165, 1.54) is 23.1 Å². The minimum absolute atomic E-state index is 0.205. The molecule has 0 bridgehead atoms. The molecule has 0 aliphatic heterocycles. The van der Waals surface area contributed by atoms with Gasteiger partial charge in [0.05, 0.1) is 5.52 Å². The van der Waals surface area contributed by atoms with Gasteiger partial charge in [0.15, 0.2) is 0 Å². The van der Waals surface area contributed by atoms with E-state index in [2.05, 4.69) is 42.7 Å². The minimum Gasteiger partial charge on any atom is -0.314 e. The van der Waals surface area contributed by atoms with Crippen molar-refractivity contribution in [2.45, 2.75) is 13.8 Å².